The molecular weight excluding hydrogens is 198 g/mol. The fourth-order valence-electron chi connectivity index (χ4n) is 1.74. The molecule has 0 spiro atoms. The number of benzene rings is 1. The van der Waals surface area contributed by atoms with E-state index in [0.717, 1.165) is 18.5 Å². The summed E-state index contributed by atoms with van der Waals surface area (Å²) in [5.41, 5.74) is 1.01. The Labute approximate surface area is 98.7 Å². The molecule has 0 saturated carbocycles. The quantitative estimate of drug-likeness (QED) is 0.771. The van der Waals surface area contributed by atoms with E-state index in [1.54, 1.807) is 6.07 Å². The van der Waals surface area contributed by atoms with Crippen LogP contribution >= 0.6 is 0 Å². The van der Waals surface area contributed by atoms with Crippen LogP contribution < -0.4 is 5.32 Å². The largest absolute Gasteiger partial charge is 0.508 e. The van der Waals surface area contributed by atoms with Crippen LogP contribution in [0.25, 0.3) is 0 Å². The Morgan fingerprint density at radius 3 is 2.44 bits per heavy atom. The smallest absolute Gasteiger partial charge is 0.120 e. The van der Waals surface area contributed by atoms with Crippen LogP contribution in [-0.2, 0) is 0 Å². The average molecular weight is 221 g/mol. The molecule has 1 aromatic rings. The summed E-state index contributed by atoms with van der Waals surface area (Å²) in [5.74, 6) is 1.07. The van der Waals surface area contributed by atoms with Gasteiger partial charge in [0.05, 0.1) is 0 Å². The summed E-state index contributed by atoms with van der Waals surface area (Å²) < 4.78 is 0. The molecule has 16 heavy (non-hydrogen) atoms. The van der Waals surface area contributed by atoms with Gasteiger partial charge in [-0.15, -0.1) is 0 Å². The molecular formula is C14H23NO. The zero-order valence-corrected chi connectivity index (χ0v) is 10.5. The topological polar surface area (TPSA) is 32.3 Å². The van der Waals surface area contributed by atoms with Gasteiger partial charge in [0.15, 0.2) is 0 Å². The summed E-state index contributed by atoms with van der Waals surface area (Å²) in [6.45, 7) is 7.59. The van der Waals surface area contributed by atoms with Gasteiger partial charge < -0.3 is 10.4 Å². The molecule has 0 aromatic heterocycles. The maximum atomic E-state index is 9.79. The van der Waals surface area contributed by atoms with Crippen molar-refractivity contribution in [2.45, 2.75) is 39.7 Å². The first kappa shape index (κ1) is 13.0. The molecule has 0 aliphatic carbocycles. The standard InChI is InChI=1S/C14H23NO/c1-4-11(3)10-15-13(5-2)12-8-6-7-9-14(12)16/h6-9,11,13,15-16H,4-5,10H2,1-3H3. The van der Waals surface area contributed by atoms with E-state index in [9.17, 15) is 5.11 Å². The van der Waals surface area contributed by atoms with Crippen molar-refractivity contribution >= 4 is 0 Å². The van der Waals surface area contributed by atoms with Crippen molar-refractivity contribution in [1.29, 1.82) is 0 Å². The SMILES string of the molecule is CCC(C)CNC(CC)c1ccccc1O. The number of hydrogen-bond acceptors (Lipinski definition) is 2. The summed E-state index contributed by atoms with van der Waals surface area (Å²) in [6, 6.07) is 7.84. The van der Waals surface area contributed by atoms with Gasteiger partial charge in [-0.25, -0.2) is 0 Å². The van der Waals surface area contributed by atoms with Gasteiger partial charge in [-0.3, -0.25) is 0 Å². The van der Waals surface area contributed by atoms with E-state index in [0.29, 0.717) is 11.7 Å². The Bertz CT molecular complexity index is 311. The Hall–Kier alpha value is -1.02. The number of para-hydroxylation sites is 1. The molecule has 0 aliphatic rings. The first-order valence-corrected chi connectivity index (χ1v) is 6.20. The fraction of sp³-hybridized carbons (Fsp3) is 0.571. The molecule has 2 nitrogen and oxygen atoms in total. The molecule has 1 aromatic carbocycles. The molecule has 90 valence electrons. The highest BCUT2D eigenvalue weighted by molar-refractivity contribution is 5.34. The lowest BCUT2D eigenvalue weighted by molar-refractivity contribution is 0.414. The lowest BCUT2D eigenvalue weighted by atomic mass is 10.0. The predicted octanol–water partition coefficient (Wildman–Crippen LogP) is 3.48. The minimum absolute atomic E-state index is 0.259. The van der Waals surface area contributed by atoms with Crippen LogP contribution in [0.15, 0.2) is 24.3 Å². The first-order chi connectivity index (χ1) is 7.69. The van der Waals surface area contributed by atoms with Crippen LogP contribution in [0.2, 0.25) is 0 Å². The Balaban J connectivity index is 2.64. The highest BCUT2D eigenvalue weighted by atomic mass is 16.3. The van der Waals surface area contributed by atoms with Gasteiger partial charge in [-0.2, -0.15) is 0 Å². The van der Waals surface area contributed by atoms with Crippen molar-refractivity contribution in [2.75, 3.05) is 6.54 Å². The van der Waals surface area contributed by atoms with E-state index in [-0.39, 0.29) is 6.04 Å². The van der Waals surface area contributed by atoms with Gasteiger partial charge in [0.25, 0.3) is 0 Å². The molecule has 0 aliphatic heterocycles. The van der Waals surface area contributed by atoms with Gasteiger partial charge >= 0.3 is 0 Å². The lowest BCUT2D eigenvalue weighted by Crippen LogP contribution is -2.25. The van der Waals surface area contributed by atoms with Gasteiger partial charge in [-0.1, -0.05) is 45.4 Å². The minimum atomic E-state index is 0.259. The molecule has 0 saturated heterocycles. The van der Waals surface area contributed by atoms with Crippen LogP contribution in [0.5, 0.6) is 5.75 Å². The maximum Gasteiger partial charge on any atom is 0.120 e. The van der Waals surface area contributed by atoms with Crippen molar-refractivity contribution < 1.29 is 5.11 Å². The molecule has 2 atom stereocenters. The molecule has 0 bridgehead atoms. The Morgan fingerprint density at radius 1 is 1.19 bits per heavy atom. The van der Waals surface area contributed by atoms with Gasteiger partial charge in [0, 0.05) is 11.6 Å². The maximum absolute atomic E-state index is 9.79. The fourth-order valence-corrected chi connectivity index (χ4v) is 1.74. The van der Waals surface area contributed by atoms with Crippen molar-refractivity contribution in [1.82, 2.24) is 5.32 Å². The molecule has 2 N–H and O–H groups in total. The predicted molar refractivity (Wildman–Crippen MR) is 68.6 cm³/mol. The summed E-state index contributed by atoms with van der Waals surface area (Å²) in [7, 11) is 0. The highest BCUT2D eigenvalue weighted by Gasteiger charge is 2.12. The van der Waals surface area contributed by atoms with Gasteiger partial charge in [-0.05, 0) is 24.9 Å². The van der Waals surface area contributed by atoms with E-state index in [2.05, 4.69) is 26.1 Å². The van der Waals surface area contributed by atoms with Crippen LogP contribution in [0.1, 0.15) is 45.2 Å². The second kappa shape index (κ2) is 6.54. The minimum Gasteiger partial charge on any atom is -0.508 e. The molecule has 2 unspecified atom stereocenters. The van der Waals surface area contributed by atoms with Gasteiger partial charge in [0.1, 0.15) is 5.75 Å². The lowest BCUT2D eigenvalue weighted by Gasteiger charge is -2.20. The number of aromatic hydroxyl groups is 1. The monoisotopic (exact) mass is 221 g/mol. The summed E-state index contributed by atoms with van der Waals surface area (Å²) >= 11 is 0. The van der Waals surface area contributed by atoms with E-state index in [1.165, 1.54) is 6.42 Å². The van der Waals surface area contributed by atoms with Crippen molar-refractivity contribution in [2.24, 2.45) is 5.92 Å². The number of rotatable bonds is 6. The number of phenols is 1. The van der Waals surface area contributed by atoms with Gasteiger partial charge in [0.2, 0.25) is 0 Å². The van der Waals surface area contributed by atoms with Crippen LogP contribution in [0.4, 0.5) is 0 Å². The summed E-state index contributed by atoms with van der Waals surface area (Å²) in [5, 5.41) is 13.3. The number of nitrogens with one attached hydrogen (secondary N) is 1. The van der Waals surface area contributed by atoms with Crippen molar-refractivity contribution in [3.8, 4) is 5.75 Å². The molecule has 0 radical (unpaired) electrons. The van der Waals surface area contributed by atoms with E-state index < -0.39 is 0 Å². The van der Waals surface area contributed by atoms with Crippen LogP contribution in [0.3, 0.4) is 0 Å². The highest BCUT2D eigenvalue weighted by Crippen LogP contribution is 2.25. The molecule has 2 heteroatoms. The molecule has 0 fully saturated rings. The summed E-state index contributed by atoms with van der Waals surface area (Å²) in [4.78, 5) is 0. The zero-order chi connectivity index (χ0) is 12.0. The zero-order valence-electron chi connectivity index (χ0n) is 10.5. The average Bonchev–Trinajstić information content (AvgIpc) is 2.31. The normalized spacial score (nSPS) is 14.7. The third-order valence-electron chi connectivity index (χ3n) is 3.13. The third-order valence-corrected chi connectivity index (χ3v) is 3.13. The van der Waals surface area contributed by atoms with Crippen molar-refractivity contribution in [3.63, 3.8) is 0 Å². The molecule has 1 rings (SSSR count). The Morgan fingerprint density at radius 2 is 1.88 bits per heavy atom. The van der Waals surface area contributed by atoms with Crippen LogP contribution in [0, 0.1) is 5.92 Å². The van der Waals surface area contributed by atoms with E-state index in [4.69, 9.17) is 0 Å². The second-order valence-corrected chi connectivity index (χ2v) is 4.44. The van der Waals surface area contributed by atoms with Crippen LogP contribution in [-0.4, -0.2) is 11.7 Å². The first-order valence-electron chi connectivity index (χ1n) is 6.20. The second-order valence-electron chi connectivity index (χ2n) is 4.44. The molecule has 0 heterocycles. The number of phenolic OH excluding ortho intramolecular Hbond substituents is 1. The van der Waals surface area contributed by atoms with E-state index in [1.807, 2.05) is 18.2 Å². The van der Waals surface area contributed by atoms with E-state index >= 15 is 0 Å². The molecule has 0 amide bonds. The van der Waals surface area contributed by atoms with Crippen molar-refractivity contribution in [3.05, 3.63) is 29.8 Å². The third kappa shape index (κ3) is 3.53. The Kier molecular flexibility index (Phi) is 5.33. The summed E-state index contributed by atoms with van der Waals surface area (Å²) in [6.07, 6.45) is 2.18. The number of hydrogen-bond donors (Lipinski definition) is 2.